The second-order valence-electron chi connectivity index (χ2n) is 10.7. The van der Waals surface area contributed by atoms with Crippen molar-refractivity contribution in [3.05, 3.63) is 108 Å². The van der Waals surface area contributed by atoms with Gasteiger partial charge in [0.25, 0.3) is 20.1 Å². The van der Waals surface area contributed by atoms with E-state index in [1.165, 1.54) is 17.3 Å². The van der Waals surface area contributed by atoms with Gasteiger partial charge in [-0.1, -0.05) is 106 Å². The lowest BCUT2D eigenvalue weighted by Crippen LogP contribution is -2.66. The van der Waals surface area contributed by atoms with Crippen LogP contribution < -0.4 is 15.7 Å². The summed E-state index contributed by atoms with van der Waals surface area (Å²) in [5, 5.41) is 4.93. The quantitative estimate of drug-likeness (QED) is 0.387. The Kier molecular flexibility index (Phi) is 7.53. The molecule has 1 atom stereocenters. The Morgan fingerprint density at radius 2 is 1.53 bits per heavy atom. The summed E-state index contributed by atoms with van der Waals surface area (Å²) >= 11 is 0. The number of hydrogen-bond donors (Lipinski definition) is 1. The lowest BCUT2D eigenvalue weighted by molar-refractivity contribution is -0.148. The maximum absolute atomic E-state index is 13.0. The van der Waals surface area contributed by atoms with Gasteiger partial charge in [0.1, 0.15) is 11.7 Å². The van der Waals surface area contributed by atoms with Crippen LogP contribution in [0.25, 0.3) is 0 Å². The number of aryl methyl sites for hydroxylation is 1. The maximum atomic E-state index is 13.0. The third-order valence-corrected chi connectivity index (χ3v) is 12.1. The SMILES string of the molecule is C=C1C(=O)NC(c2ccc(CO[Si](c3ccccc3)(c3ccccc3)C(C)(C)C)c(C)c2)C(=O)N1C(C)=O. The molecule has 38 heavy (non-hydrogen) atoms. The molecule has 3 aromatic carbocycles. The largest absolute Gasteiger partial charge is 0.403 e. The second kappa shape index (κ2) is 10.5. The van der Waals surface area contributed by atoms with Crippen LogP contribution in [0.4, 0.5) is 0 Å². The average molecular weight is 527 g/mol. The highest BCUT2D eigenvalue weighted by atomic mass is 28.4. The smallest absolute Gasteiger partial charge is 0.268 e. The number of carbonyl (C=O) groups is 3. The van der Waals surface area contributed by atoms with E-state index in [2.05, 4.69) is 81.2 Å². The van der Waals surface area contributed by atoms with Gasteiger partial charge in [0.2, 0.25) is 5.91 Å². The van der Waals surface area contributed by atoms with Gasteiger partial charge >= 0.3 is 0 Å². The first kappa shape index (κ1) is 27.2. The summed E-state index contributed by atoms with van der Waals surface area (Å²) in [6.45, 7) is 13.9. The molecule has 0 aromatic heterocycles. The van der Waals surface area contributed by atoms with Gasteiger partial charge in [-0.2, -0.15) is 0 Å². The molecule has 7 heteroatoms. The zero-order valence-corrected chi connectivity index (χ0v) is 23.6. The van der Waals surface area contributed by atoms with Gasteiger partial charge in [0, 0.05) is 6.92 Å². The standard InChI is InChI=1S/C31H34N2O4Si/c1-21-19-24(28-30(36)33(23(3)34)22(2)29(35)32-28)17-18-25(21)20-37-38(31(4,5)6,26-13-9-7-10-14-26)27-15-11-8-12-16-27/h7-19,28H,2,20H2,1,3-6H3,(H,32,35). The predicted octanol–water partition coefficient (Wildman–Crippen LogP) is 4.13. The highest BCUT2D eigenvalue weighted by Crippen LogP contribution is 2.37. The molecule has 1 saturated heterocycles. The van der Waals surface area contributed by atoms with Crippen LogP contribution in [0.3, 0.4) is 0 Å². The summed E-state index contributed by atoms with van der Waals surface area (Å²) in [6.07, 6.45) is 0. The van der Waals surface area contributed by atoms with Gasteiger partial charge in [-0.3, -0.25) is 14.4 Å². The van der Waals surface area contributed by atoms with Gasteiger partial charge in [-0.25, -0.2) is 4.90 Å². The van der Waals surface area contributed by atoms with Crippen molar-refractivity contribution in [2.75, 3.05) is 0 Å². The molecule has 0 aliphatic carbocycles. The Hall–Kier alpha value is -3.81. The minimum atomic E-state index is -2.72. The third-order valence-electron chi connectivity index (χ3n) is 7.15. The first-order chi connectivity index (χ1) is 18.0. The van der Waals surface area contributed by atoms with E-state index >= 15 is 0 Å². The van der Waals surface area contributed by atoms with Crippen molar-refractivity contribution in [3.63, 3.8) is 0 Å². The van der Waals surface area contributed by atoms with E-state index in [0.29, 0.717) is 12.2 Å². The van der Waals surface area contributed by atoms with E-state index in [-0.39, 0.29) is 10.7 Å². The molecule has 1 fully saturated rings. The van der Waals surface area contributed by atoms with Crippen LogP contribution in [-0.2, 0) is 25.4 Å². The number of nitrogens with one attached hydrogen (secondary N) is 1. The zero-order valence-electron chi connectivity index (χ0n) is 22.6. The van der Waals surface area contributed by atoms with Crippen LogP contribution in [0, 0.1) is 6.92 Å². The van der Waals surface area contributed by atoms with E-state index in [1.807, 2.05) is 37.3 Å². The van der Waals surface area contributed by atoms with Gasteiger partial charge < -0.3 is 9.74 Å². The zero-order chi connectivity index (χ0) is 27.7. The normalized spacial score (nSPS) is 16.4. The Morgan fingerprint density at radius 3 is 2.00 bits per heavy atom. The molecule has 1 aliphatic rings. The molecule has 3 amide bonds. The Bertz CT molecular complexity index is 1340. The molecular formula is C31H34N2O4Si. The minimum absolute atomic E-state index is 0.152. The average Bonchev–Trinajstić information content (AvgIpc) is 2.88. The number of nitrogens with zero attached hydrogens (tertiary/aromatic N) is 1. The van der Waals surface area contributed by atoms with Crippen molar-refractivity contribution in [3.8, 4) is 0 Å². The molecule has 1 aliphatic heterocycles. The van der Waals surface area contributed by atoms with Crippen LogP contribution in [0.15, 0.2) is 91.1 Å². The fourth-order valence-corrected chi connectivity index (χ4v) is 9.75. The van der Waals surface area contributed by atoms with Crippen LogP contribution in [-0.4, -0.2) is 30.9 Å². The van der Waals surface area contributed by atoms with E-state index in [1.54, 1.807) is 0 Å². The highest BCUT2D eigenvalue weighted by Gasteiger charge is 2.50. The van der Waals surface area contributed by atoms with Crippen molar-refractivity contribution < 1.29 is 18.8 Å². The molecule has 6 nitrogen and oxygen atoms in total. The molecule has 0 radical (unpaired) electrons. The molecule has 1 N–H and O–H groups in total. The molecule has 1 unspecified atom stereocenters. The number of carbonyl (C=O) groups excluding carboxylic acids is 3. The number of rotatable bonds is 6. The highest BCUT2D eigenvalue weighted by molar-refractivity contribution is 6.99. The summed E-state index contributed by atoms with van der Waals surface area (Å²) < 4.78 is 7.06. The summed E-state index contributed by atoms with van der Waals surface area (Å²) in [6, 6.07) is 25.6. The Balaban J connectivity index is 1.68. The number of hydrogen-bond acceptors (Lipinski definition) is 4. The molecule has 3 aromatic rings. The van der Waals surface area contributed by atoms with E-state index < -0.39 is 32.1 Å². The maximum Gasteiger partial charge on any atom is 0.268 e. The van der Waals surface area contributed by atoms with Crippen molar-refractivity contribution >= 4 is 36.4 Å². The number of benzene rings is 3. The lowest BCUT2D eigenvalue weighted by Gasteiger charge is -2.43. The first-order valence-corrected chi connectivity index (χ1v) is 14.6. The molecule has 196 valence electrons. The van der Waals surface area contributed by atoms with Crippen LogP contribution >= 0.6 is 0 Å². The first-order valence-electron chi connectivity index (χ1n) is 12.7. The molecule has 4 rings (SSSR count). The second-order valence-corrected chi connectivity index (χ2v) is 15.0. The fourth-order valence-electron chi connectivity index (χ4n) is 5.22. The van der Waals surface area contributed by atoms with Crippen LogP contribution in [0.5, 0.6) is 0 Å². The predicted molar refractivity (Wildman–Crippen MR) is 151 cm³/mol. The van der Waals surface area contributed by atoms with Crippen LogP contribution in [0.2, 0.25) is 5.04 Å². The van der Waals surface area contributed by atoms with Gasteiger partial charge in [-0.15, -0.1) is 0 Å². The molecule has 0 bridgehead atoms. The monoisotopic (exact) mass is 526 g/mol. The molecular weight excluding hydrogens is 492 g/mol. The summed E-state index contributed by atoms with van der Waals surface area (Å²) in [4.78, 5) is 38.3. The van der Waals surface area contributed by atoms with Gasteiger partial charge in [-0.05, 0) is 39.0 Å². The fraction of sp³-hybridized carbons (Fsp3) is 0.258. The number of piperazine rings is 1. The van der Waals surface area contributed by atoms with Crippen LogP contribution in [0.1, 0.15) is 50.4 Å². The summed E-state index contributed by atoms with van der Waals surface area (Å²) in [5.41, 5.74) is 2.37. The molecule has 1 heterocycles. The minimum Gasteiger partial charge on any atom is -0.403 e. The van der Waals surface area contributed by atoms with Crippen molar-refractivity contribution in [2.24, 2.45) is 0 Å². The number of imide groups is 1. The van der Waals surface area contributed by atoms with Crippen molar-refractivity contribution in [1.29, 1.82) is 0 Å². The summed E-state index contributed by atoms with van der Waals surface area (Å²) in [7, 11) is -2.72. The lowest BCUT2D eigenvalue weighted by atomic mass is 9.98. The Morgan fingerprint density at radius 1 is 0.974 bits per heavy atom. The third kappa shape index (κ3) is 4.87. The van der Waals surface area contributed by atoms with Crippen molar-refractivity contribution in [2.45, 2.75) is 52.3 Å². The topological polar surface area (TPSA) is 75.7 Å². The van der Waals surface area contributed by atoms with Crippen molar-refractivity contribution in [1.82, 2.24) is 10.2 Å². The van der Waals surface area contributed by atoms with Gasteiger partial charge in [0.15, 0.2) is 0 Å². The number of amides is 3. The van der Waals surface area contributed by atoms with E-state index in [9.17, 15) is 14.4 Å². The van der Waals surface area contributed by atoms with Gasteiger partial charge in [0.05, 0.1) is 6.61 Å². The van der Waals surface area contributed by atoms with E-state index in [4.69, 9.17) is 4.43 Å². The molecule has 0 spiro atoms. The summed E-state index contributed by atoms with van der Waals surface area (Å²) in [5.74, 6) is -1.59. The Labute approximate surface area is 225 Å². The molecule has 0 saturated carbocycles. The van der Waals surface area contributed by atoms with E-state index in [0.717, 1.165) is 16.0 Å².